The van der Waals surface area contributed by atoms with Gasteiger partial charge >= 0.3 is 0 Å². The van der Waals surface area contributed by atoms with Gasteiger partial charge in [-0.15, -0.1) is 0 Å². The van der Waals surface area contributed by atoms with E-state index < -0.39 is 5.41 Å². The van der Waals surface area contributed by atoms with Gasteiger partial charge in [0, 0.05) is 12.0 Å². The first-order valence-corrected chi connectivity index (χ1v) is 7.82. The molecule has 0 aromatic heterocycles. The number of benzene rings is 2. The summed E-state index contributed by atoms with van der Waals surface area (Å²) in [5.74, 6) is 0.189. The molecule has 0 bridgehead atoms. The van der Waals surface area contributed by atoms with Gasteiger partial charge in [0.1, 0.15) is 5.82 Å². The second-order valence-corrected chi connectivity index (χ2v) is 6.23. The quantitative estimate of drug-likeness (QED) is 0.635. The van der Waals surface area contributed by atoms with Crippen LogP contribution in [0.1, 0.15) is 25.0 Å². The van der Waals surface area contributed by atoms with E-state index >= 15 is 0 Å². The van der Waals surface area contributed by atoms with E-state index in [-0.39, 0.29) is 5.82 Å². The largest absolute Gasteiger partial charge is 0.370 e. The Morgan fingerprint density at radius 1 is 1.09 bits per heavy atom. The zero-order valence-corrected chi connectivity index (χ0v) is 13.7. The summed E-state index contributed by atoms with van der Waals surface area (Å²) in [5, 5.41) is 3.10. The van der Waals surface area contributed by atoms with Crippen LogP contribution >= 0.6 is 0 Å². The fourth-order valence-electron chi connectivity index (χ4n) is 2.41. The fraction of sp³-hybridized carbons (Fsp3) is 0.316. The lowest BCUT2D eigenvalue weighted by Crippen LogP contribution is -2.35. The molecule has 2 aromatic carbocycles. The van der Waals surface area contributed by atoms with Crippen LogP contribution in [-0.4, -0.2) is 19.0 Å². The maximum atomic E-state index is 13.9. The third-order valence-electron chi connectivity index (χ3n) is 3.81. The number of nitrogens with one attached hydrogen (secondary N) is 1. The number of guanidine groups is 1. The minimum absolute atomic E-state index is 0.205. The molecule has 0 fully saturated rings. The maximum absolute atomic E-state index is 13.9. The van der Waals surface area contributed by atoms with Gasteiger partial charge in [0.2, 0.25) is 0 Å². The summed E-state index contributed by atoms with van der Waals surface area (Å²) in [5.41, 5.74) is 7.40. The molecule has 23 heavy (non-hydrogen) atoms. The van der Waals surface area contributed by atoms with Gasteiger partial charge in [-0.2, -0.15) is 0 Å². The molecule has 0 amide bonds. The third kappa shape index (κ3) is 5.09. The Labute approximate surface area is 137 Å². The Kier molecular flexibility index (Phi) is 5.74. The molecule has 0 atom stereocenters. The first-order valence-electron chi connectivity index (χ1n) is 7.82. The normalized spacial score (nSPS) is 12.2. The molecule has 0 aliphatic carbocycles. The van der Waals surface area contributed by atoms with Crippen LogP contribution < -0.4 is 11.1 Å². The summed E-state index contributed by atoms with van der Waals surface area (Å²) < 4.78 is 13.9. The number of hydrogen-bond donors (Lipinski definition) is 2. The first-order chi connectivity index (χ1) is 11.0. The second-order valence-electron chi connectivity index (χ2n) is 6.23. The lowest BCUT2D eigenvalue weighted by atomic mass is 9.84. The molecule has 0 spiro atoms. The molecular weight excluding hydrogens is 289 g/mol. The Morgan fingerprint density at radius 3 is 2.43 bits per heavy atom. The molecule has 2 rings (SSSR count). The van der Waals surface area contributed by atoms with E-state index in [0.717, 1.165) is 13.0 Å². The van der Waals surface area contributed by atoms with Gasteiger partial charge in [-0.1, -0.05) is 62.4 Å². The smallest absolute Gasteiger partial charge is 0.188 e. The predicted molar refractivity (Wildman–Crippen MR) is 94.1 cm³/mol. The van der Waals surface area contributed by atoms with Crippen LogP contribution in [0.2, 0.25) is 0 Å². The Bertz CT molecular complexity index is 651. The van der Waals surface area contributed by atoms with Gasteiger partial charge in [0.25, 0.3) is 0 Å². The van der Waals surface area contributed by atoms with E-state index in [9.17, 15) is 4.39 Å². The number of rotatable bonds is 6. The van der Waals surface area contributed by atoms with Crippen molar-refractivity contribution < 1.29 is 4.39 Å². The topological polar surface area (TPSA) is 50.4 Å². The summed E-state index contributed by atoms with van der Waals surface area (Å²) in [6.45, 7) is 5.08. The van der Waals surface area contributed by atoms with Crippen LogP contribution in [-0.2, 0) is 11.8 Å². The van der Waals surface area contributed by atoms with Crippen LogP contribution in [0, 0.1) is 5.82 Å². The molecule has 0 radical (unpaired) electrons. The van der Waals surface area contributed by atoms with E-state index in [4.69, 9.17) is 5.73 Å². The first kappa shape index (κ1) is 17.0. The lowest BCUT2D eigenvalue weighted by molar-refractivity contribution is 0.493. The van der Waals surface area contributed by atoms with E-state index in [1.807, 2.05) is 38.1 Å². The summed E-state index contributed by atoms with van der Waals surface area (Å²) in [6.07, 6.45) is 0.883. The van der Waals surface area contributed by atoms with Gasteiger partial charge in [-0.25, -0.2) is 4.39 Å². The Hall–Kier alpha value is -2.36. The molecule has 0 saturated heterocycles. The summed E-state index contributed by atoms with van der Waals surface area (Å²) in [7, 11) is 0. The number of halogens is 1. The average Bonchev–Trinajstić information content (AvgIpc) is 2.54. The van der Waals surface area contributed by atoms with Gasteiger partial charge in [-0.3, -0.25) is 4.99 Å². The summed E-state index contributed by atoms with van der Waals surface area (Å²) >= 11 is 0. The highest BCUT2D eigenvalue weighted by Crippen LogP contribution is 2.25. The number of nitrogens with zero attached hydrogens (tertiary/aromatic N) is 1. The highest BCUT2D eigenvalue weighted by Gasteiger charge is 2.23. The van der Waals surface area contributed by atoms with Crippen LogP contribution in [0.4, 0.5) is 4.39 Å². The highest BCUT2D eigenvalue weighted by atomic mass is 19.1. The molecule has 3 nitrogen and oxygen atoms in total. The lowest BCUT2D eigenvalue weighted by Gasteiger charge is -2.23. The minimum atomic E-state index is -0.406. The van der Waals surface area contributed by atoms with Crippen molar-refractivity contribution in [1.82, 2.24) is 5.32 Å². The van der Waals surface area contributed by atoms with Crippen molar-refractivity contribution in [2.75, 3.05) is 13.1 Å². The van der Waals surface area contributed by atoms with Crippen molar-refractivity contribution in [2.24, 2.45) is 10.7 Å². The van der Waals surface area contributed by atoms with Gasteiger partial charge in [0.05, 0.1) is 6.54 Å². The molecular formula is C19H24FN3. The van der Waals surface area contributed by atoms with Crippen molar-refractivity contribution >= 4 is 5.96 Å². The molecule has 0 heterocycles. The third-order valence-corrected chi connectivity index (χ3v) is 3.81. The van der Waals surface area contributed by atoms with Crippen LogP contribution in [0.3, 0.4) is 0 Å². The van der Waals surface area contributed by atoms with Crippen LogP contribution in [0.5, 0.6) is 0 Å². The zero-order chi connectivity index (χ0) is 16.7. The molecule has 122 valence electrons. The molecule has 0 aliphatic heterocycles. The van der Waals surface area contributed by atoms with E-state index in [1.54, 1.807) is 12.1 Å². The average molecular weight is 313 g/mol. The summed E-state index contributed by atoms with van der Waals surface area (Å²) in [6, 6.07) is 17.0. The van der Waals surface area contributed by atoms with E-state index in [2.05, 4.69) is 22.4 Å². The highest BCUT2D eigenvalue weighted by molar-refractivity contribution is 5.77. The number of hydrogen-bond acceptors (Lipinski definition) is 1. The van der Waals surface area contributed by atoms with Crippen LogP contribution in [0.25, 0.3) is 0 Å². The molecule has 4 heteroatoms. The second kappa shape index (κ2) is 7.77. The van der Waals surface area contributed by atoms with Crippen molar-refractivity contribution in [3.8, 4) is 0 Å². The zero-order valence-electron chi connectivity index (χ0n) is 13.7. The van der Waals surface area contributed by atoms with Gasteiger partial charge in [-0.05, 0) is 23.6 Å². The Morgan fingerprint density at radius 2 is 1.74 bits per heavy atom. The predicted octanol–water partition coefficient (Wildman–Crippen LogP) is 3.25. The number of nitrogens with two attached hydrogens (primary N) is 1. The van der Waals surface area contributed by atoms with Crippen molar-refractivity contribution in [1.29, 1.82) is 0 Å². The molecule has 0 unspecified atom stereocenters. The van der Waals surface area contributed by atoms with Gasteiger partial charge < -0.3 is 11.1 Å². The molecule has 3 N–H and O–H groups in total. The Balaban J connectivity index is 1.87. The van der Waals surface area contributed by atoms with Crippen molar-refractivity contribution in [3.05, 3.63) is 71.5 Å². The van der Waals surface area contributed by atoms with Crippen molar-refractivity contribution in [3.63, 3.8) is 0 Å². The minimum Gasteiger partial charge on any atom is -0.370 e. The maximum Gasteiger partial charge on any atom is 0.188 e. The monoisotopic (exact) mass is 313 g/mol. The fourth-order valence-corrected chi connectivity index (χ4v) is 2.41. The van der Waals surface area contributed by atoms with E-state index in [0.29, 0.717) is 18.1 Å². The van der Waals surface area contributed by atoms with E-state index in [1.165, 1.54) is 11.6 Å². The summed E-state index contributed by atoms with van der Waals surface area (Å²) in [4.78, 5) is 4.36. The molecule has 0 aliphatic rings. The van der Waals surface area contributed by atoms with Crippen LogP contribution in [0.15, 0.2) is 59.6 Å². The van der Waals surface area contributed by atoms with Gasteiger partial charge in [0.15, 0.2) is 5.96 Å². The number of aliphatic imine (C=N–C) groups is 1. The SMILES string of the molecule is CC(C)(CN=C(N)NCCc1ccccc1)c1ccccc1F. The molecule has 0 saturated carbocycles. The van der Waals surface area contributed by atoms with Crippen molar-refractivity contribution in [2.45, 2.75) is 25.7 Å². The molecule has 2 aromatic rings. The standard InChI is InChI=1S/C19H24FN3/c1-19(2,16-10-6-7-11-17(16)20)14-23-18(21)22-13-12-15-8-4-3-5-9-15/h3-11H,12-14H2,1-2H3,(H3,21,22,23).